The number of carbonyl (C=O) groups is 2. The highest BCUT2D eigenvalue weighted by Gasteiger charge is 2.34. The van der Waals surface area contributed by atoms with Gasteiger partial charge in [0.15, 0.2) is 16.9 Å². The molecule has 5 rings (SSSR count). The Labute approximate surface area is 227 Å². The number of likely N-dealkylation sites (tertiary alicyclic amines) is 2. The summed E-state index contributed by atoms with van der Waals surface area (Å²) in [6.45, 7) is 4.33. The molecule has 206 valence electrons. The number of ether oxygens (including phenoxy) is 2. The number of amides is 2. The first-order valence-corrected chi connectivity index (χ1v) is 14.0. The summed E-state index contributed by atoms with van der Waals surface area (Å²) in [7, 11) is 0. The molecule has 2 saturated heterocycles. The lowest BCUT2D eigenvalue weighted by Gasteiger charge is -2.37. The molecular formula is C27H37ClN5O5+. The van der Waals surface area contributed by atoms with Crippen molar-refractivity contribution in [3.8, 4) is 5.88 Å². The zero-order chi connectivity index (χ0) is 26.6. The summed E-state index contributed by atoms with van der Waals surface area (Å²) in [5.41, 5.74) is 2.51. The lowest BCUT2D eigenvalue weighted by molar-refractivity contribution is -0.397. The highest BCUT2D eigenvalue weighted by molar-refractivity contribution is 6.31. The van der Waals surface area contributed by atoms with E-state index in [-0.39, 0.29) is 43.2 Å². The van der Waals surface area contributed by atoms with Crippen LogP contribution in [0.25, 0.3) is 0 Å². The maximum Gasteiger partial charge on any atom is 0.385 e. The van der Waals surface area contributed by atoms with Gasteiger partial charge in [-0.3, -0.25) is 14.3 Å². The number of aromatic nitrogens is 3. The molecule has 2 atom stereocenters. The predicted molar refractivity (Wildman–Crippen MR) is 139 cm³/mol. The van der Waals surface area contributed by atoms with Gasteiger partial charge in [0.2, 0.25) is 5.91 Å². The molecule has 0 radical (unpaired) electrons. The summed E-state index contributed by atoms with van der Waals surface area (Å²) < 4.78 is 13.5. The van der Waals surface area contributed by atoms with Crippen molar-refractivity contribution in [1.82, 2.24) is 19.6 Å². The third-order valence-corrected chi connectivity index (χ3v) is 8.17. The van der Waals surface area contributed by atoms with E-state index in [4.69, 9.17) is 26.2 Å². The molecule has 2 aromatic rings. The average molecular weight is 547 g/mol. The van der Waals surface area contributed by atoms with Crippen molar-refractivity contribution in [2.45, 2.75) is 76.7 Å². The molecule has 2 aliphatic heterocycles. The maximum absolute atomic E-state index is 13.4. The van der Waals surface area contributed by atoms with E-state index in [2.05, 4.69) is 10.1 Å². The first kappa shape index (κ1) is 26.9. The van der Waals surface area contributed by atoms with Crippen molar-refractivity contribution in [2.75, 3.05) is 32.8 Å². The van der Waals surface area contributed by atoms with E-state index in [1.807, 2.05) is 22.8 Å². The number of rotatable bonds is 8. The molecule has 0 bridgehead atoms. The Morgan fingerprint density at radius 3 is 2.71 bits per heavy atom. The summed E-state index contributed by atoms with van der Waals surface area (Å²) >= 11 is 6.22. The van der Waals surface area contributed by atoms with E-state index in [0.717, 1.165) is 43.4 Å². The van der Waals surface area contributed by atoms with Crippen molar-refractivity contribution in [3.63, 3.8) is 0 Å². The lowest BCUT2D eigenvalue weighted by Crippen LogP contribution is -2.48. The van der Waals surface area contributed by atoms with Crippen molar-refractivity contribution < 1.29 is 29.2 Å². The van der Waals surface area contributed by atoms with E-state index in [9.17, 15) is 9.59 Å². The maximum atomic E-state index is 13.4. The summed E-state index contributed by atoms with van der Waals surface area (Å²) in [5, 5.41) is 14.2. The Kier molecular flexibility index (Phi) is 8.50. The Hall–Kier alpha value is -2.69. The molecule has 0 saturated carbocycles. The molecule has 0 unspecified atom stereocenters. The van der Waals surface area contributed by atoms with Crippen molar-refractivity contribution >= 4 is 23.4 Å². The summed E-state index contributed by atoms with van der Waals surface area (Å²) in [5.74, 6) is 0.508. The van der Waals surface area contributed by atoms with Crippen LogP contribution in [0.4, 0.5) is 0 Å². The number of carbonyl (C=O) groups excluding carboxylic acids is 2. The van der Waals surface area contributed by atoms with Gasteiger partial charge in [0.05, 0.1) is 19.3 Å². The van der Waals surface area contributed by atoms with Gasteiger partial charge in [0, 0.05) is 55.8 Å². The molecule has 2 aromatic heterocycles. The average Bonchev–Trinajstić information content (AvgIpc) is 3.53. The number of nitrogens with one attached hydrogen (secondary N) is 1. The molecule has 0 aromatic carbocycles. The highest BCUT2D eigenvalue weighted by Crippen LogP contribution is 2.29. The van der Waals surface area contributed by atoms with Gasteiger partial charge in [0.1, 0.15) is 12.6 Å². The number of H-pyrrole nitrogens is 1. The lowest BCUT2D eigenvalue weighted by atomic mass is 10.0. The van der Waals surface area contributed by atoms with E-state index < -0.39 is 0 Å². The van der Waals surface area contributed by atoms with Crippen LogP contribution in [0.1, 0.15) is 60.8 Å². The zero-order valence-electron chi connectivity index (χ0n) is 21.9. The smallest absolute Gasteiger partial charge is 0.385 e. The van der Waals surface area contributed by atoms with Crippen molar-refractivity contribution in [1.29, 1.82) is 0 Å². The third kappa shape index (κ3) is 5.82. The number of fused-ring (bicyclic) bond motifs is 1. The second-order valence-corrected chi connectivity index (χ2v) is 10.8. The van der Waals surface area contributed by atoms with Crippen LogP contribution in [-0.4, -0.2) is 87.6 Å². The van der Waals surface area contributed by atoms with E-state index >= 15 is 0 Å². The van der Waals surface area contributed by atoms with Crippen LogP contribution in [0.5, 0.6) is 5.88 Å². The topological polar surface area (TPSA) is 111 Å². The minimum Gasteiger partial charge on any atom is -0.440 e. The number of aromatic amines is 1. The monoisotopic (exact) mass is 546 g/mol. The van der Waals surface area contributed by atoms with Gasteiger partial charge in [0.25, 0.3) is 5.91 Å². The minimum atomic E-state index is -0.0577. The molecule has 11 heteroatoms. The Bertz CT molecular complexity index is 1150. The molecule has 2 amide bonds. The zero-order valence-corrected chi connectivity index (χ0v) is 22.7. The van der Waals surface area contributed by atoms with Gasteiger partial charge < -0.3 is 24.4 Å². The third-order valence-electron chi connectivity index (χ3n) is 7.87. The van der Waals surface area contributed by atoms with Crippen LogP contribution in [0, 0.1) is 0 Å². The van der Waals surface area contributed by atoms with Crippen molar-refractivity contribution in [3.05, 3.63) is 40.3 Å². The Morgan fingerprint density at radius 1 is 1.18 bits per heavy atom. The minimum absolute atomic E-state index is 0.00724. The van der Waals surface area contributed by atoms with Gasteiger partial charge in [-0.2, -0.15) is 10.1 Å². The van der Waals surface area contributed by atoms with Gasteiger partial charge in [-0.25, -0.2) is 0 Å². The van der Waals surface area contributed by atoms with Gasteiger partial charge in [-0.1, -0.05) is 11.6 Å². The molecule has 2 N–H and O–H groups in total. The van der Waals surface area contributed by atoms with Crippen LogP contribution >= 0.6 is 11.6 Å². The molecule has 0 spiro atoms. The number of hydrogen-bond donors (Lipinski definition) is 1. The normalized spacial score (nSPS) is 22.0. The van der Waals surface area contributed by atoms with Gasteiger partial charge in [-0.05, 0) is 45.1 Å². The quantitative estimate of drug-likeness (QED) is 0.541. The van der Waals surface area contributed by atoms with Crippen molar-refractivity contribution in [2.24, 2.45) is 0 Å². The molecule has 1 aliphatic carbocycles. The summed E-state index contributed by atoms with van der Waals surface area (Å²) in [6, 6.07) is 3.62. The van der Waals surface area contributed by atoms with E-state index in [1.165, 1.54) is 0 Å². The van der Waals surface area contributed by atoms with E-state index in [0.29, 0.717) is 55.7 Å². The molecule has 2 fully saturated rings. The number of nitrogens with zero attached hydrogens (tertiary/aromatic N) is 4. The second-order valence-electron chi connectivity index (χ2n) is 10.4. The fourth-order valence-corrected chi connectivity index (χ4v) is 6.06. The van der Waals surface area contributed by atoms with Crippen LogP contribution in [0.15, 0.2) is 18.3 Å². The number of piperidine rings is 2. The Balaban J connectivity index is 1.20. The van der Waals surface area contributed by atoms with Crippen LogP contribution in [-0.2, 0) is 28.9 Å². The number of halogens is 1. The first-order chi connectivity index (χ1) is 18.4. The van der Waals surface area contributed by atoms with Gasteiger partial charge >= 0.3 is 5.88 Å². The molecule has 4 heterocycles. The largest absolute Gasteiger partial charge is 0.440 e. The number of aliphatic hydroxyl groups excluding tert-OH is 1. The molecular weight excluding hydrogens is 510 g/mol. The van der Waals surface area contributed by atoms with Crippen LogP contribution < -0.4 is 9.72 Å². The van der Waals surface area contributed by atoms with E-state index in [1.54, 1.807) is 16.9 Å². The number of hydrogen-bond acceptors (Lipinski definition) is 6. The second kappa shape index (κ2) is 12.0. The predicted octanol–water partition coefficient (Wildman–Crippen LogP) is 1.91. The Morgan fingerprint density at radius 2 is 1.97 bits per heavy atom. The SMILES string of the molecule is C[C@H]1C[C@H](Oc2[nH+]cccc2Cl)CCN1C(=O)Cn1nc(C(=O)N2CCC(OCCO)CC2)c2c1CCC2. The number of aliphatic hydroxyl groups is 1. The first-order valence-electron chi connectivity index (χ1n) is 13.7. The van der Waals surface area contributed by atoms with Crippen LogP contribution in [0.2, 0.25) is 5.02 Å². The molecule has 3 aliphatic rings. The summed E-state index contributed by atoms with van der Waals surface area (Å²) in [6.07, 6.45) is 7.37. The number of pyridine rings is 1. The molecule has 38 heavy (non-hydrogen) atoms. The molecule has 10 nitrogen and oxygen atoms in total. The fourth-order valence-electron chi connectivity index (χ4n) is 5.89. The standard InChI is InChI=1S/C27H36ClN5O5/c1-18-16-20(38-26-22(28)5-3-10-29-26)9-13-32(18)24(35)17-33-23-6-2-4-21(23)25(30-33)27(36)31-11-7-19(8-12-31)37-15-14-34/h3,5,10,18-20,34H,2,4,6-9,11-17H2,1H3/p+1/t18-,20+/m0/s1. The van der Waals surface area contributed by atoms with Gasteiger partial charge in [-0.15, -0.1) is 0 Å². The fraction of sp³-hybridized carbons (Fsp3) is 0.630. The highest BCUT2D eigenvalue weighted by atomic mass is 35.5. The van der Waals surface area contributed by atoms with Crippen LogP contribution in [0.3, 0.4) is 0 Å². The summed E-state index contributed by atoms with van der Waals surface area (Å²) in [4.78, 5) is 33.5.